The first kappa shape index (κ1) is 20.7. The lowest BCUT2D eigenvalue weighted by molar-refractivity contribution is -0.142. The number of guanidine groups is 1. The molecule has 7 nitrogen and oxygen atoms in total. The summed E-state index contributed by atoms with van der Waals surface area (Å²) in [6, 6.07) is 0. The average Bonchev–Trinajstić information content (AvgIpc) is 3.31. The first-order valence-corrected chi connectivity index (χ1v) is 9.29. The first-order valence-electron chi connectivity index (χ1n) is 9.29. The molecule has 0 aliphatic carbocycles. The Kier molecular flexibility index (Phi) is 8.71. The highest BCUT2D eigenvalue weighted by atomic mass is 127. The monoisotopic (exact) mass is 466 g/mol. The van der Waals surface area contributed by atoms with Gasteiger partial charge in [-0.2, -0.15) is 0 Å². The van der Waals surface area contributed by atoms with E-state index < -0.39 is 0 Å². The smallest absolute Gasteiger partial charge is 0.251 e. The Bertz CT molecular complexity index is 443. The van der Waals surface area contributed by atoms with Gasteiger partial charge in [0.05, 0.1) is 6.61 Å². The van der Waals surface area contributed by atoms with Gasteiger partial charge in [0.25, 0.3) is 5.91 Å². The SMILES string of the molecule is CCNC(=NCC1CCOC1)N1CCN(C(=O)C2CCCO2)CC1.I. The van der Waals surface area contributed by atoms with Gasteiger partial charge in [-0.25, -0.2) is 0 Å². The van der Waals surface area contributed by atoms with E-state index in [9.17, 15) is 4.79 Å². The van der Waals surface area contributed by atoms with Crippen LogP contribution in [-0.4, -0.2) is 86.9 Å². The fraction of sp³-hybridized carbons (Fsp3) is 0.882. The van der Waals surface area contributed by atoms with Crippen LogP contribution in [0.1, 0.15) is 26.2 Å². The molecular weight excluding hydrogens is 435 g/mol. The number of ether oxygens (including phenoxy) is 2. The van der Waals surface area contributed by atoms with Gasteiger partial charge in [0.15, 0.2) is 5.96 Å². The van der Waals surface area contributed by atoms with E-state index in [0.29, 0.717) is 5.92 Å². The van der Waals surface area contributed by atoms with Crippen LogP contribution in [0.2, 0.25) is 0 Å². The molecular formula is C17H31IN4O3. The maximum Gasteiger partial charge on any atom is 0.251 e. The van der Waals surface area contributed by atoms with Gasteiger partial charge in [0.1, 0.15) is 6.10 Å². The molecule has 0 bridgehead atoms. The van der Waals surface area contributed by atoms with Gasteiger partial charge in [-0.3, -0.25) is 9.79 Å². The van der Waals surface area contributed by atoms with E-state index in [2.05, 4.69) is 17.1 Å². The molecule has 3 fully saturated rings. The molecule has 0 aromatic carbocycles. The Balaban J connectivity index is 0.00000225. The molecule has 8 heteroatoms. The summed E-state index contributed by atoms with van der Waals surface area (Å²) in [7, 11) is 0. The van der Waals surface area contributed by atoms with Crippen molar-refractivity contribution in [2.24, 2.45) is 10.9 Å². The van der Waals surface area contributed by atoms with Crippen LogP contribution in [0.5, 0.6) is 0 Å². The van der Waals surface area contributed by atoms with Gasteiger partial charge < -0.3 is 24.6 Å². The molecule has 0 saturated carbocycles. The van der Waals surface area contributed by atoms with Crippen molar-refractivity contribution in [1.82, 2.24) is 15.1 Å². The van der Waals surface area contributed by atoms with Crippen LogP contribution in [-0.2, 0) is 14.3 Å². The molecule has 3 heterocycles. The Hall–Kier alpha value is -0.610. The van der Waals surface area contributed by atoms with Crippen LogP contribution in [0.15, 0.2) is 4.99 Å². The minimum Gasteiger partial charge on any atom is -0.381 e. The third-order valence-electron chi connectivity index (χ3n) is 4.95. The number of carbonyl (C=O) groups is 1. The third kappa shape index (κ3) is 5.68. The number of aliphatic imine (C=N–C) groups is 1. The van der Waals surface area contributed by atoms with Crippen LogP contribution >= 0.6 is 24.0 Å². The van der Waals surface area contributed by atoms with Crippen molar-refractivity contribution in [3.05, 3.63) is 0 Å². The molecule has 3 aliphatic rings. The number of hydrogen-bond donors (Lipinski definition) is 1. The summed E-state index contributed by atoms with van der Waals surface area (Å²) in [5.41, 5.74) is 0. The minimum atomic E-state index is -0.208. The topological polar surface area (TPSA) is 66.4 Å². The Morgan fingerprint density at radius 1 is 1.16 bits per heavy atom. The van der Waals surface area contributed by atoms with Crippen LogP contribution in [0, 0.1) is 5.92 Å². The lowest BCUT2D eigenvalue weighted by Crippen LogP contribution is -2.55. The van der Waals surface area contributed by atoms with Gasteiger partial charge in [0, 0.05) is 58.4 Å². The van der Waals surface area contributed by atoms with Crippen molar-refractivity contribution < 1.29 is 14.3 Å². The fourth-order valence-corrected chi connectivity index (χ4v) is 3.48. The number of piperazine rings is 1. The summed E-state index contributed by atoms with van der Waals surface area (Å²) in [4.78, 5) is 21.4. The van der Waals surface area contributed by atoms with Crippen LogP contribution in [0.25, 0.3) is 0 Å². The first-order chi connectivity index (χ1) is 11.8. The van der Waals surface area contributed by atoms with E-state index in [1.165, 1.54) is 0 Å². The number of amides is 1. The number of nitrogens with zero attached hydrogens (tertiary/aromatic N) is 3. The van der Waals surface area contributed by atoms with E-state index in [1.54, 1.807) is 0 Å². The predicted octanol–water partition coefficient (Wildman–Crippen LogP) is 0.930. The average molecular weight is 466 g/mol. The number of rotatable bonds is 4. The summed E-state index contributed by atoms with van der Waals surface area (Å²) in [6.45, 7) is 9.31. The number of nitrogens with one attached hydrogen (secondary N) is 1. The van der Waals surface area contributed by atoms with Crippen molar-refractivity contribution in [2.75, 3.05) is 59.1 Å². The van der Waals surface area contributed by atoms with Gasteiger partial charge in [0.2, 0.25) is 0 Å². The normalized spacial score (nSPS) is 27.3. The zero-order valence-corrected chi connectivity index (χ0v) is 17.4. The van der Waals surface area contributed by atoms with Crippen LogP contribution in [0.4, 0.5) is 0 Å². The summed E-state index contributed by atoms with van der Waals surface area (Å²) in [6.07, 6.45) is 2.76. The standard InChI is InChI=1S/C17H30N4O3.HI/c1-2-18-17(19-12-14-5-11-23-13-14)21-8-6-20(7-9-21)16(22)15-4-3-10-24-15;/h14-15H,2-13H2,1H3,(H,18,19);1H. The fourth-order valence-electron chi connectivity index (χ4n) is 3.48. The predicted molar refractivity (Wildman–Crippen MR) is 107 cm³/mol. The lowest BCUT2D eigenvalue weighted by Gasteiger charge is -2.37. The number of halogens is 1. The van der Waals surface area contributed by atoms with E-state index in [-0.39, 0.29) is 36.0 Å². The Morgan fingerprint density at radius 2 is 1.92 bits per heavy atom. The molecule has 3 saturated heterocycles. The van der Waals surface area contributed by atoms with E-state index in [4.69, 9.17) is 14.5 Å². The molecule has 0 aromatic heterocycles. The van der Waals surface area contributed by atoms with Crippen molar-refractivity contribution in [1.29, 1.82) is 0 Å². The molecule has 3 aliphatic heterocycles. The highest BCUT2D eigenvalue weighted by Gasteiger charge is 2.31. The Labute approximate surface area is 167 Å². The molecule has 25 heavy (non-hydrogen) atoms. The minimum absolute atomic E-state index is 0. The molecule has 1 amide bonds. The van der Waals surface area contributed by atoms with Gasteiger partial charge >= 0.3 is 0 Å². The summed E-state index contributed by atoms with van der Waals surface area (Å²) >= 11 is 0. The molecule has 3 rings (SSSR count). The molecule has 1 N–H and O–H groups in total. The molecule has 144 valence electrons. The largest absolute Gasteiger partial charge is 0.381 e. The molecule has 2 atom stereocenters. The van der Waals surface area contributed by atoms with E-state index in [0.717, 1.165) is 84.3 Å². The van der Waals surface area contributed by atoms with Crippen molar-refractivity contribution in [3.63, 3.8) is 0 Å². The maximum atomic E-state index is 12.4. The second-order valence-corrected chi connectivity index (χ2v) is 6.74. The highest BCUT2D eigenvalue weighted by molar-refractivity contribution is 14.0. The Morgan fingerprint density at radius 3 is 2.52 bits per heavy atom. The van der Waals surface area contributed by atoms with E-state index in [1.807, 2.05) is 4.90 Å². The summed E-state index contributed by atoms with van der Waals surface area (Å²) < 4.78 is 10.9. The number of carbonyl (C=O) groups excluding carboxylic acids is 1. The summed E-state index contributed by atoms with van der Waals surface area (Å²) in [5, 5.41) is 3.38. The molecule has 0 aromatic rings. The second kappa shape index (κ2) is 10.5. The van der Waals surface area contributed by atoms with Gasteiger partial charge in [-0.1, -0.05) is 0 Å². The molecule has 2 unspecified atom stereocenters. The molecule has 0 radical (unpaired) electrons. The van der Waals surface area contributed by atoms with E-state index >= 15 is 0 Å². The molecule has 0 spiro atoms. The summed E-state index contributed by atoms with van der Waals surface area (Å²) in [5.74, 6) is 1.67. The van der Waals surface area contributed by atoms with Crippen LogP contribution < -0.4 is 5.32 Å². The van der Waals surface area contributed by atoms with Crippen molar-refractivity contribution in [3.8, 4) is 0 Å². The lowest BCUT2D eigenvalue weighted by atomic mass is 10.1. The third-order valence-corrected chi connectivity index (χ3v) is 4.95. The number of hydrogen-bond acceptors (Lipinski definition) is 4. The van der Waals surface area contributed by atoms with Gasteiger partial charge in [-0.05, 0) is 26.2 Å². The van der Waals surface area contributed by atoms with Crippen LogP contribution in [0.3, 0.4) is 0 Å². The maximum absolute atomic E-state index is 12.4. The second-order valence-electron chi connectivity index (χ2n) is 6.74. The van der Waals surface area contributed by atoms with Crippen molar-refractivity contribution in [2.45, 2.75) is 32.3 Å². The van der Waals surface area contributed by atoms with Crippen molar-refractivity contribution >= 4 is 35.8 Å². The quantitative estimate of drug-likeness (QED) is 0.380. The van der Waals surface area contributed by atoms with Gasteiger partial charge in [-0.15, -0.1) is 24.0 Å². The highest BCUT2D eigenvalue weighted by Crippen LogP contribution is 2.16. The zero-order chi connectivity index (χ0) is 16.8. The zero-order valence-electron chi connectivity index (χ0n) is 15.1.